The number of anilines is 1. The summed E-state index contributed by atoms with van der Waals surface area (Å²) in [6, 6.07) is 14.7. The summed E-state index contributed by atoms with van der Waals surface area (Å²) in [5.41, 5.74) is 7.87. The van der Waals surface area contributed by atoms with Gasteiger partial charge in [0.2, 0.25) is 0 Å². The van der Waals surface area contributed by atoms with E-state index in [1.807, 2.05) is 36.4 Å². The lowest BCUT2D eigenvalue weighted by Gasteiger charge is -2.09. The van der Waals surface area contributed by atoms with Gasteiger partial charge in [0, 0.05) is 23.9 Å². The largest absolute Gasteiger partial charge is 0.494 e. The minimum absolute atomic E-state index is 0.147. The number of carbonyl (C=O) groups excluding carboxylic acids is 1. The van der Waals surface area contributed by atoms with Crippen molar-refractivity contribution in [2.75, 3.05) is 11.9 Å². The SMILES string of the molecule is CCCOc1cccc(NC(=O)c2ccc(CN)cc2)c1. The second-order valence-corrected chi connectivity index (χ2v) is 4.73. The zero-order chi connectivity index (χ0) is 15.1. The van der Waals surface area contributed by atoms with Gasteiger partial charge in [0.25, 0.3) is 5.91 Å². The fraction of sp³-hybridized carbons (Fsp3) is 0.235. The molecule has 21 heavy (non-hydrogen) atoms. The van der Waals surface area contributed by atoms with E-state index in [1.165, 1.54) is 0 Å². The van der Waals surface area contributed by atoms with E-state index in [1.54, 1.807) is 12.1 Å². The van der Waals surface area contributed by atoms with Crippen LogP contribution < -0.4 is 15.8 Å². The van der Waals surface area contributed by atoms with E-state index in [0.29, 0.717) is 18.7 Å². The molecule has 3 N–H and O–H groups in total. The normalized spacial score (nSPS) is 10.2. The van der Waals surface area contributed by atoms with E-state index in [9.17, 15) is 4.79 Å². The summed E-state index contributed by atoms with van der Waals surface area (Å²) >= 11 is 0. The number of hydrogen-bond acceptors (Lipinski definition) is 3. The molecule has 0 aliphatic heterocycles. The number of nitrogens with one attached hydrogen (secondary N) is 1. The molecule has 2 rings (SSSR count). The van der Waals surface area contributed by atoms with Gasteiger partial charge in [0.1, 0.15) is 5.75 Å². The highest BCUT2D eigenvalue weighted by atomic mass is 16.5. The van der Waals surface area contributed by atoms with Gasteiger partial charge < -0.3 is 15.8 Å². The summed E-state index contributed by atoms with van der Waals surface area (Å²) in [5.74, 6) is 0.611. The molecule has 0 fully saturated rings. The Morgan fingerprint density at radius 3 is 2.62 bits per heavy atom. The topological polar surface area (TPSA) is 64.3 Å². The average Bonchev–Trinajstić information content (AvgIpc) is 2.53. The molecule has 0 aromatic heterocycles. The highest BCUT2D eigenvalue weighted by molar-refractivity contribution is 6.04. The Morgan fingerprint density at radius 2 is 1.95 bits per heavy atom. The van der Waals surface area contributed by atoms with Crippen LogP contribution in [0.2, 0.25) is 0 Å². The van der Waals surface area contributed by atoms with Crippen LogP contribution in [0.15, 0.2) is 48.5 Å². The molecular weight excluding hydrogens is 264 g/mol. The molecule has 1 amide bonds. The first-order valence-electron chi connectivity index (χ1n) is 7.06. The van der Waals surface area contributed by atoms with Crippen molar-refractivity contribution >= 4 is 11.6 Å². The third-order valence-electron chi connectivity index (χ3n) is 3.02. The molecular formula is C17H20N2O2. The lowest BCUT2D eigenvalue weighted by atomic mass is 10.1. The van der Waals surface area contributed by atoms with Crippen molar-refractivity contribution in [3.05, 3.63) is 59.7 Å². The monoisotopic (exact) mass is 284 g/mol. The van der Waals surface area contributed by atoms with Gasteiger partial charge in [-0.1, -0.05) is 25.1 Å². The number of hydrogen-bond donors (Lipinski definition) is 2. The Hall–Kier alpha value is -2.33. The predicted octanol–water partition coefficient (Wildman–Crippen LogP) is 3.19. The maximum atomic E-state index is 12.2. The van der Waals surface area contributed by atoms with E-state index in [-0.39, 0.29) is 5.91 Å². The number of amides is 1. The van der Waals surface area contributed by atoms with Crippen LogP contribution in [0.5, 0.6) is 5.75 Å². The maximum Gasteiger partial charge on any atom is 0.255 e. The molecule has 4 heteroatoms. The first-order valence-corrected chi connectivity index (χ1v) is 7.06. The van der Waals surface area contributed by atoms with Crippen molar-refractivity contribution < 1.29 is 9.53 Å². The number of nitrogens with two attached hydrogens (primary N) is 1. The lowest BCUT2D eigenvalue weighted by molar-refractivity contribution is 0.102. The molecule has 0 atom stereocenters. The molecule has 0 heterocycles. The van der Waals surface area contributed by atoms with Crippen molar-refractivity contribution in [3.63, 3.8) is 0 Å². The van der Waals surface area contributed by atoms with E-state index in [0.717, 1.165) is 23.4 Å². The molecule has 0 radical (unpaired) electrons. The molecule has 2 aromatic rings. The summed E-state index contributed by atoms with van der Waals surface area (Å²) in [6.07, 6.45) is 0.948. The third kappa shape index (κ3) is 4.33. The lowest BCUT2D eigenvalue weighted by Crippen LogP contribution is -2.12. The molecule has 0 bridgehead atoms. The van der Waals surface area contributed by atoms with E-state index >= 15 is 0 Å². The number of carbonyl (C=O) groups is 1. The fourth-order valence-electron chi connectivity index (χ4n) is 1.88. The number of ether oxygens (including phenoxy) is 1. The summed E-state index contributed by atoms with van der Waals surface area (Å²) in [4.78, 5) is 12.2. The van der Waals surface area contributed by atoms with Gasteiger partial charge in [-0.3, -0.25) is 4.79 Å². The van der Waals surface area contributed by atoms with Crippen LogP contribution in [0.25, 0.3) is 0 Å². The molecule has 0 aliphatic carbocycles. The van der Waals surface area contributed by atoms with Crippen LogP contribution in [0.4, 0.5) is 5.69 Å². The number of rotatable bonds is 6. The zero-order valence-corrected chi connectivity index (χ0v) is 12.1. The van der Waals surface area contributed by atoms with E-state index in [2.05, 4.69) is 12.2 Å². The van der Waals surface area contributed by atoms with Crippen LogP contribution in [-0.4, -0.2) is 12.5 Å². The molecule has 2 aromatic carbocycles. The molecule has 0 spiro atoms. The Kier molecular flexibility index (Phi) is 5.35. The predicted molar refractivity (Wildman–Crippen MR) is 84.5 cm³/mol. The van der Waals surface area contributed by atoms with Gasteiger partial charge in [0.05, 0.1) is 6.61 Å². The quantitative estimate of drug-likeness (QED) is 0.856. The van der Waals surface area contributed by atoms with Gasteiger partial charge in [-0.2, -0.15) is 0 Å². The summed E-state index contributed by atoms with van der Waals surface area (Å²) in [6.45, 7) is 3.19. The van der Waals surface area contributed by atoms with Gasteiger partial charge in [-0.15, -0.1) is 0 Å². The van der Waals surface area contributed by atoms with E-state index in [4.69, 9.17) is 10.5 Å². The van der Waals surface area contributed by atoms with Crippen molar-refractivity contribution in [1.82, 2.24) is 0 Å². The van der Waals surface area contributed by atoms with Crippen LogP contribution in [0.1, 0.15) is 29.3 Å². The Balaban J connectivity index is 2.04. The minimum Gasteiger partial charge on any atom is -0.494 e. The minimum atomic E-state index is -0.147. The maximum absolute atomic E-state index is 12.2. The van der Waals surface area contributed by atoms with Crippen LogP contribution in [0.3, 0.4) is 0 Å². The third-order valence-corrected chi connectivity index (χ3v) is 3.02. The highest BCUT2D eigenvalue weighted by Crippen LogP contribution is 2.18. The Morgan fingerprint density at radius 1 is 1.19 bits per heavy atom. The standard InChI is InChI=1S/C17H20N2O2/c1-2-10-21-16-5-3-4-15(11-16)19-17(20)14-8-6-13(12-18)7-9-14/h3-9,11H,2,10,12,18H2,1H3,(H,19,20). The van der Waals surface area contributed by atoms with Crippen molar-refractivity contribution in [2.24, 2.45) is 5.73 Å². The van der Waals surface area contributed by atoms with Crippen molar-refractivity contribution in [3.8, 4) is 5.75 Å². The average molecular weight is 284 g/mol. The fourth-order valence-corrected chi connectivity index (χ4v) is 1.88. The van der Waals surface area contributed by atoms with E-state index < -0.39 is 0 Å². The van der Waals surface area contributed by atoms with Crippen molar-refractivity contribution in [2.45, 2.75) is 19.9 Å². The highest BCUT2D eigenvalue weighted by Gasteiger charge is 2.06. The second-order valence-electron chi connectivity index (χ2n) is 4.73. The first kappa shape index (κ1) is 15.1. The molecule has 4 nitrogen and oxygen atoms in total. The van der Waals surface area contributed by atoms with Gasteiger partial charge >= 0.3 is 0 Å². The molecule has 0 saturated heterocycles. The molecule has 0 aliphatic rings. The second kappa shape index (κ2) is 7.45. The van der Waals surface area contributed by atoms with Crippen LogP contribution in [-0.2, 0) is 6.54 Å². The summed E-state index contributed by atoms with van der Waals surface area (Å²) in [5, 5.41) is 2.86. The number of benzene rings is 2. The first-order chi connectivity index (χ1) is 10.2. The Labute approximate surface area is 124 Å². The van der Waals surface area contributed by atoms with Crippen molar-refractivity contribution in [1.29, 1.82) is 0 Å². The molecule has 0 saturated carbocycles. The van der Waals surface area contributed by atoms with Gasteiger partial charge in [-0.05, 0) is 36.2 Å². The van der Waals surface area contributed by atoms with Crippen LogP contribution >= 0.6 is 0 Å². The van der Waals surface area contributed by atoms with Gasteiger partial charge in [-0.25, -0.2) is 0 Å². The molecule has 110 valence electrons. The van der Waals surface area contributed by atoms with Gasteiger partial charge in [0.15, 0.2) is 0 Å². The van der Waals surface area contributed by atoms with Crippen LogP contribution in [0, 0.1) is 0 Å². The Bertz CT molecular complexity index is 594. The molecule has 0 unspecified atom stereocenters. The zero-order valence-electron chi connectivity index (χ0n) is 12.1. The smallest absolute Gasteiger partial charge is 0.255 e. The summed E-state index contributed by atoms with van der Waals surface area (Å²) < 4.78 is 5.55. The summed E-state index contributed by atoms with van der Waals surface area (Å²) in [7, 11) is 0.